The Labute approximate surface area is 116 Å². The van der Waals surface area contributed by atoms with Gasteiger partial charge in [0.15, 0.2) is 0 Å². The highest BCUT2D eigenvalue weighted by molar-refractivity contribution is 5.46. The van der Waals surface area contributed by atoms with Gasteiger partial charge in [0.05, 0.1) is 6.04 Å². The first-order valence-electron chi connectivity index (χ1n) is 6.80. The summed E-state index contributed by atoms with van der Waals surface area (Å²) >= 11 is 0. The molecule has 0 saturated carbocycles. The molecule has 0 amide bonds. The van der Waals surface area contributed by atoms with E-state index in [9.17, 15) is 0 Å². The topological polar surface area (TPSA) is 26.0 Å². The normalized spacial score (nSPS) is 12.5. The SMILES string of the molecule is Cc1cc(C)c(C(N)c2cc(C)ccc2C)c(C)c1. The second-order valence-corrected chi connectivity index (χ2v) is 5.65. The van der Waals surface area contributed by atoms with E-state index in [1.807, 2.05) is 0 Å². The van der Waals surface area contributed by atoms with Gasteiger partial charge < -0.3 is 5.73 Å². The molecule has 1 atom stereocenters. The van der Waals surface area contributed by atoms with E-state index in [4.69, 9.17) is 5.73 Å². The maximum atomic E-state index is 6.54. The minimum atomic E-state index is -0.0412. The lowest BCUT2D eigenvalue weighted by molar-refractivity contribution is 0.840. The average Bonchev–Trinajstić information content (AvgIpc) is 2.30. The van der Waals surface area contributed by atoms with Crippen molar-refractivity contribution in [3.63, 3.8) is 0 Å². The van der Waals surface area contributed by atoms with Crippen LogP contribution in [0.1, 0.15) is 45.0 Å². The van der Waals surface area contributed by atoms with Crippen LogP contribution < -0.4 is 5.73 Å². The molecular formula is C18H23N. The molecule has 0 spiro atoms. The summed E-state index contributed by atoms with van der Waals surface area (Å²) in [6.45, 7) is 10.7. The first kappa shape index (κ1) is 13.8. The maximum Gasteiger partial charge on any atom is 0.0559 e. The van der Waals surface area contributed by atoms with Gasteiger partial charge in [0, 0.05) is 0 Å². The average molecular weight is 253 g/mol. The molecule has 1 unspecified atom stereocenters. The van der Waals surface area contributed by atoms with Gasteiger partial charge in [-0.05, 0) is 62.4 Å². The van der Waals surface area contributed by atoms with Crippen LogP contribution in [0.5, 0.6) is 0 Å². The summed E-state index contributed by atoms with van der Waals surface area (Å²) in [5.41, 5.74) is 15.4. The molecule has 2 rings (SSSR count). The van der Waals surface area contributed by atoms with Gasteiger partial charge in [0.25, 0.3) is 0 Å². The molecule has 0 aliphatic rings. The summed E-state index contributed by atoms with van der Waals surface area (Å²) < 4.78 is 0. The van der Waals surface area contributed by atoms with Gasteiger partial charge in [-0.1, -0.05) is 41.5 Å². The first-order chi connectivity index (χ1) is 8.90. The molecule has 0 bridgehead atoms. The summed E-state index contributed by atoms with van der Waals surface area (Å²) in [4.78, 5) is 0. The van der Waals surface area contributed by atoms with Gasteiger partial charge in [-0.25, -0.2) is 0 Å². The van der Waals surface area contributed by atoms with Crippen molar-refractivity contribution in [2.24, 2.45) is 5.73 Å². The summed E-state index contributed by atoms with van der Waals surface area (Å²) in [5, 5.41) is 0. The Bertz CT molecular complexity index is 588. The second-order valence-electron chi connectivity index (χ2n) is 5.65. The molecule has 2 aromatic carbocycles. The van der Waals surface area contributed by atoms with Gasteiger partial charge in [0.2, 0.25) is 0 Å². The lowest BCUT2D eigenvalue weighted by atomic mass is 9.88. The van der Waals surface area contributed by atoms with Crippen LogP contribution >= 0.6 is 0 Å². The third-order valence-corrected chi connectivity index (χ3v) is 3.82. The maximum absolute atomic E-state index is 6.54. The summed E-state index contributed by atoms with van der Waals surface area (Å²) in [5.74, 6) is 0. The van der Waals surface area contributed by atoms with E-state index in [2.05, 4.69) is 65.0 Å². The first-order valence-corrected chi connectivity index (χ1v) is 6.80. The van der Waals surface area contributed by atoms with Crippen LogP contribution in [0.3, 0.4) is 0 Å². The van der Waals surface area contributed by atoms with Crippen molar-refractivity contribution in [2.45, 2.75) is 40.7 Å². The number of rotatable bonds is 2. The Morgan fingerprint density at radius 1 is 0.737 bits per heavy atom. The van der Waals surface area contributed by atoms with Crippen LogP contribution in [0.4, 0.5) is 0 Å². The third kappa shape index (κ3) is 2.71. The number of hydrogen-bond acceptors (Lipinski definition) is 1. The van der Waals surface area contributed by atoms with E-state index < -0.39 is 0 Å². The van der Waals surface area contributed by atoms with Crippen molar-refractivity contribution in [3.8, 4) is 0 Å². The van der Waals surface area contributed by atoms with Crippen LogP contribution in [0.2, 0.25) is 0 Å². The zero-order valence-corrected chi connectivity index (χ0v) is 12.5. The zero-order chi connectivity index (χ0) is 14.2. The van der Waals surface area contributed by atoms with Crippen LogP contribution in [-0.4, -0.2) is 0 Å². The fourth-order valence-corrected chi connectivity index (χ4v) is 2.93. The number of hydrogen-bond donors (Lipinski definition) is 1. The summed E-state index contributed by atoms with van der Waals surface area (Å²) in [7, 11) is 0. The van der Waals surface area contributed by atoms with E-state index in [0.29, 0.717) is 0 Å². The Morgan fingerprint density at radius 2 is 1.32 bits per heavy atom. The Morgan fingerprint density at radius 3 is 1.89 bits per heavy atom. The standard InChI is InChI=1S/C18H23N/c1-11-6-7-13(3)16(10-11)18(19)17-14(4)8-12(2)9-15(17)5/h6-10,18H,19H2,1-5H3. The van der Waals surface area contributed by atoms with Gasteiger partial charge >= 0.3 is 0 Å². The summed E-state index contributed by atoms with van der Waals surface area (Å²) in [6.07, 6.45) is 0. The number of benzene rings is 2. The highest BCUT2D eigenvalue weighted by atomic mass is 14.6. The Kier molecular flexibility index (Phi) is 3.77. The molecular weight excluding hydrogens is 230 g/mol. The van der Waals surface area contributed by atoms with Gasteiger partial charge in [-0.3, -0.25) is 0 Å². The minimum Gasteiger partial charge on any atom is -0.320 e. The molecule has 1 nitrogen and oxygen atoms in total. The summed E-state index contributed by atoms with van der Waals surface area (Å²) in [6, 6.07) is 10.9. The predicted octanol–water partition coefficient (Wildman–Crippen LogP) is 4.28. The van der Waals surface area contributed by atoms with Crippen molar-refractivity contribution < 1.29 is 0 Å². The Hall–Kier alpha value is -1.60. The second kappa shape index (κ2) is 5.18. The molecule has 0 fully saturated rings. The lowest BCUT2D eigenvalue weighted by Gasteiger charge is -2.21. The van der Waals surface area contributed by atoms with Crippen molar-refractivity contribution in [1.82, 2.24) is 0 Å². The van der Waals surface area contributed by atoms with E-state index in [1.165, 1.54) is 38.9 Å². The predicted molar refractivity (Wildman–Crippen MR) is 82.6 cm³/mol. The van der Waals surface area contributed by atoms with Gasteiger partial charge in [0.1, 0.15) is 0 Å². The molecule has 0 aromatic heterocycles. The fraction of sp³-hybridized carbons (Fsp3) is 0.333. The monoisotopic (exact) mass is 253 g/mol. The minimum absolute atomic E-state index is 0.0412. The van der Waals surface area contributed by atoms with Crippen LogP contribution in [0, 0.1) is 34.6 Å². The van der Waals surface area contributed by atoms with E-state index in [0.717, 1.165) is 0 Å². The van der Waals surface area contributed by atoms with Crippen molar-refractivity contribution in [2.75, 3.05) is 0 Å². The molecule has 19 heavy (non-hydrogen) atoms. The van der Waals surface area contributed by atoms with Gasteiger partial charge in [-0.15, -0.1) is 0 Å². The smallest absolute Gasteiger partial charge is 0.0559 e. The van der Waals surface area contributed by atoms with Crippen LogP contribution in [-0.2, 0) is 0 Å². The molecule has 0 aliphatic carbocycles. The molecule has 0 heterocycles. The molecule has 100 valence electrons. The highest BCUT2D eigenvalue weighted by Crippen LogP contribution is 2.29. The van der Waals surface area contributed by atoms with E-state index in [1.54, 1.807) is 0 Å². The van der Waals surface area contributed by atoms with Crippen molar-refractivity contribution in [3.05, 3.63) is 69.3 Å². The lowest BCUT2D eigenvalue weighted by Crippen LogP contribution is -2.16. The molecule has 0 radical (unpaired) electrons. The molecule has 1 heteroatoms. The molecule has 2 aromatic rings. The van der Waals surface area contributed by atoms with E-state index in [-0.39, 0.29) is 6.04 Å². The van der Waals surface area contributed by atoms with Crippen LogP contribution in [0.25, 0.3) is 0 Å². The van der Waals surface area contributed by atoms with Crippen LogP contribution in [0.15, 0.2) is 30.3 Å². The molecule has 2 N–H and O–H groups in total. The molecule has 0 saturated heterocycles. The van der Waals surface area contributed by atoms with Crippen molar-refractivity contribution in [1.29, 1.82) is 0 Å². The molecule has 0 aliphatic heterocycles. The van der Waals surface area contributed by atoms with Gasteiger partial charge in [-0.2, -0.15) is 0 Å². The number of aryl methyl sites for hydroxylation is 5. The quantitative estimate of drug-likeness (QED) is 0.849. The third-order valence-electron chi connectivity index (χ3n) is 3.82. The van der Waals surface area contributed by atoms with Crippen molar-refractivity contribution >= 4 is 0 Å². The zero-order valence-electron chi connectivity index (χ0n) is 12.5. The fourth-order valence-electron chi connectivity index (χ4n) is 2.93. The number of nitrogens with two attached hydrogens (primary N) is 1. The highest BCUT2D eigenvalue weighted by Gasteiger charge is 2.16. The largest absolute Gasteiger partial charge is 0.320 e. The van der Waals surface area contributed by atoms with E-state index >= 15 is 0 Å². The Balaban J connectivity index is 2.56.